The number of allylic oxidation sites excluding steroid dienone is 1. The Kier molecular flexibility index (Phi) is 12.5. The summed E-state index contributed by atoms with van der Waals surface area (Å²) in [5.41, 5.74) is -1.82. The number of carbonyl (C=O) groups excluding carboxylic acids is 4. The fourth-order valence-corrected chi connectivity index (χ4v) is 9.23. The highest BCUT2D eigenvalue weighted by molar-refractivity contribution is 7.91. The third-order valence-corrected chi connectivity index (χ3v) is 13.9. The predicted octanol–water partition coefficient (Wildman–Crippen LogP) is 4.29. The van der Waals surface area contributed by atoms with Crippen LogP contribution in [0.15, 0.2) is 48.1 Å². The van der Waals surface area contributed by atoms with Crippen molar-refractivity contribution in [1.29, 1.82) is 0 Å². The third-order valence-electron chi connectivity index (χ3n) is 12.1. The molecule has 3 N–H and O–H groups in total. The lowest BCUT2D eigenvalue weighted by Crippen LogP contribution is -2.59. The summed E-state index contributed by atoms with van der Waals surface area (Å²) in [7, 11) is -2.40. The number of ether oxygens (including phenoxy) is 3. The van der Waals surface area contributed by atoms with E-state index in [-0.39, 0.29) is 31.2 Å². The Morgan fingerprint density at radius 2 is 1.78 bits per heavy atom. The highest BCUT2D eigenvalue weighted by Gasteiger charge is 2.62. The van der Waals surface area contributed by atoms with Crippen molar-refractivity contribution in [2.75, 3.05) is 26.8 Å². The van der Waals surface area contributed by atoms with Gasteiger partial charge in [0.05, 0.1) is 30.6 Å². The van der Waals surface area contributed by atoms with Crippen molar-refractivity contribution < 1.29 is 50.6 Å². The topological polar surface area (TPSA) is 185 Å². The van der Waals surface area contributed by atoms with Crippen LogP contribution in [0.4, 0.5) is 13.6 Å². The summed E-state index contributed by atoms with van der Waals surface area (Å²) in [4.78, 5) is 57.9. The fraction of sp³-hybridized carbons (Fsp3) is 0.634. The molecule has 3 aliphatic heterocycles. The van der Waals surface area contributed by atoms with Crippen molar-refractivity contribution >= 4 is 45.4 Å². The van der Waals surface area contributed by atoms with Gasteiger partial charge in [-0.3, -0.25) is 24.1 Å². The smallest absolute Gasteiger partial charge is 0.408 e. The Morgan fingerprint density at radius 1 is 1.08 bits per heavy atom. The number of sulfonamides is 1. The molecule has 0 spiro atoms. The van der Waals surface area contributed by atoms with Gasteiger partial charge in [-0.2, -0.15) is 0 Å². The van der Waals surface area contributed by atoms with Crippen LogP contribution in [0.1, 0.15) is 90.7 Å². The Hall–Kier alpha value is -4.58. The van der Waals surface area contributed by atoms with Gasteiger partial charge in [-0.1, -0.05) is 50.8 Å². The summed E-state index contributed by atoms with van der Waals surface area (Å²) in [6.07, 6.45) is 4.23. The monoisotopic (exact) mass is 846 g/mol. The molecule has 59 heavy (non-hydrogen) atoms. The average molecular weight is 847 g/mol. The first-order valence-corrected chi connectivity index (χ1v) is 21.7. The molecule has 1 aromatic carbocycles. The second-order valence-corrected chi connectivity index (χ2v) is 19.1. The molecule has 324 valence electrons. The maximum atomic E-state index is 14.9. The molecule has 18 heteroatoms. The van der Waals surface area contributed by atoms with Crippen LogP contribution in [-0.2, 0) is 38.6 Å². The van der Waals surface area contributed by atoms with Crippen molar-refractivity contribution in [3.63, 3.8) is 0 Å². The van der Waals surface area contributed by atoms with E-state index >= 15 is 0 Å². The minimum absolute atomic E-state index is 0.0191. The number of nitrogens with zero attached hydrogens (tertiary/aromatic N) is 3. The van der Waals surface area contributed by atoms with Crippen molar-refractivity contribution in [2.24, 2.45) is 22.9 Å². The number of methoxy groups -OCH3 is 1. The van der Waals surface area contributed by atoms with E-state index in [1.807, 2.05) is 43.3 Å². The van der Waals surface area contributed by atoms with E-state index in [2.05, 4.69) is 21.9 Å². The number of hydrogen-bond acceptors (Lipinski definition) is 11. The minimum atomic E-state index is -3.97. The van der Waals surface area contributed by atoms with Gasteiger partial charge < -0.3 is 29.7 Å². The number of benzene rings is 1. The minimum Gasteiger partial charge on any atom is -0.471 e. The second kappa shape index (κ2) is 16.8. The number of hydrazone groups is 1. The van der Waals surface area contributed by atoms with Crippen LogP contribution in [0.25, 0.3) is 5.70 Å². The highest BCUT2D eigenvalue weighted by atomic mass is 32.2. The van der Waals surface area contributed by atoms with Gasteiger partial charge in [-0.05, 0) is 70.3 Å². The van der Waals surface area contributed by atoms with Crippen LogP contribution in [0, 0.1) is 17.8 Å². The van der Waals surface area contributed by atoms with Gasteiger partial charge in [0, 0.05) is 37.5 Å². The summed E-state index contributed by atoms with van der Waals surface area (Å²) in [5.74, 6) is -6.53. The molecule has 3 heterocycles. The predicted molar refractivity (Wildman–Crippen MR) is 214 cm³/mol. The van der Waals surface area contributed by atoms with E-state index in [0.717, 1.165) is 19.4 Å². The SMILES string of the molecule is C=C1c2ccccc2C(O[C@@H]2C[C@H]3C(=O)N[C@]4(C(=O)NS(=O)(=O)C5CC5)C[C@H]4/C=C\CC[C@H](C)C[C@@H](C)[C@H](NC(=O)OC(C)(C)C(C)(F)F)C(=O)N3C2)=NN1CCOC. The van der Waals surface area contributed by atoms with Crippen LogP contribution in [0.5, 0.6) is 0 Å². The summed E-state index contributed by atoms with van der Waals surface area (Å²) in [6.45, 7) is 11.2. The van der Waals surface area contributed by atoms with E-state index < -0.39 is 86.2 Å². The molecular weight excluding hydrogens is 791 g/mol. The first-order chi connectivity index (χ1) is 27.7. The number of hydrogen-bond donors (Lipinski definition) is 3. The molecule has 0 unspecified atom stereocenters. The molecule has 3 fully saturated rings. The largest absolute Gasteiger partial charge is 0.471 e. The first-order valence-electron chi connectivity index (χ1n) is 20.2. The Bertz CT molecular complexity index is 2000. The molecule has 7 atom stereocenters. The molecule has 0 bridgehead atoms. The maximum Gasteiger partial charge on any atom is 0.408 e. The molecule has 0 aromatic heterocycles. The van der Waals surface area contributed by atoms with Gasteiger partial charge in [-0.25, -0.2) is 22.0 Å². The van der Waals surface area contributed by atoms with Crippen LogP contribution in [0.2, 0.25) is 0 Å². The zero-order valence-electron chi connectivity index (χ0n) is 34.5. The van der Waals surface area contributed by atoms with Crippen LogP contribution in [-0.4, -0.2) is 115 Å². The lowest BCUT2D eigenvalue weighted by molar-refractivity contribution is -0.152. The van der Waals surface area contributed by atoms with E-state index in [0.29, 0.717) is 63.4 Å². The van der Waals surface area contributed by atoms with Crippen LogP contribution < -0.4 is 15.4 Å². The Labute approximate surface area is 344 Å². The molecule has 15 nitrogen and oxygen atoms in total. The molecule has 4 amide bonds. The Morgan fingerprint density at radius 3 is 2.44 bits per heavy atom. The maximum absolute atomic E-state index is 14.9. The van der Waals surface area contributed by atoms with E-state index in [1.54, 1.807) is 19.0 Å². The summed E-state index contributed by atoms with van der Waals surface area (Å²) < 4.78 is 73.9. The lowest BCUT2D eigenvalue weighted by atomic mass is 9.88. The van der Waals surface area contributed by atoms with Gasteiger partial charge in [-0.15, -0.1) is 5.10 Å². The van der Waals surface area contributed by atoms with Crippen molar-refractivity contribution in [2.45, 2.75) is 120 Å². The molecular formula is C41H56F2N6O9S. The molecule has 6 rings (SSSR count). The number of alkyl carbamates (subject to hydrolysis) is 1. The van der Waals surface area contributed by atoms with Crippen molar-refractivity contribution in [3.8, 4) is 0 Å². The normalized spacial score (nSPS) is 29.7. The fourth-order valence-electron chi connectivity index (χ4n) is 7.87. The number of halogens is 2. The van der Waals surface area contributed by atoms with Crippen molar-refractivity contribution in [1.82, 2.24) is 25.3 Å². The van der Waals surface area contributed by atoms with Gasteiger partial charge in [0.2, 0.25) is 27.7 Å². The quantitative estimate of drug-likeness (QED) is 0.287. The number of alkyl halides is 2. The summed E-state index contributed by atoms with van der Waals surface area (Å²) >= 11 is 0. The number of rotatable bonds is 10. The molecule has 1 saturated heterocycles. The number of carbonyl (C=O) groups is 4. The van der Waals surface area contributed by atoms with Crippen LogP contribution >= 0.6 is 0 Å². The lowest BCUT2D eigenvalue weighted by Gasteiger charge is -2.35. The zero-order valence-corrected chi connectivity index (χ0v) is 35.3. The van der Waals surface area contributed by atoms with Gasteiger partial charge in [0.15, 0.2) is 5.60 Å². The van der Waals surface area contributed by atoms with Crippen LogP contribution in [0.3, 0.4) is 0 Å². The van der Waals surface area contributed by atoms with Gasteiger partial charge in [0.1, 0.15) is 23.7 Å². The van der Waals surface area contributed by atoms with E-state index in [9.17, 15) is 36.4 Å². The first kappa shape index (κ1) is 44.0. The standard InChI is InChI=1S/C41H56F2N6O9S/c1-24-12-8-9-13-27-22-41(27,37(52)47-59(54,55)29-16-17-29)45-34(50)32-21-28(57-35-31-15-11-10-14-30(31)26(3)49(46-35)18-19-56-7)23-48(32)36(51)33(25(2)20-24)44-38(53)58-39(4,5)40(6,42)43/h9-11,13-15,24-25,27-29,32-33H,3,8,12,16-23H2,1-2,4-7H3,(H,44,53)(H,45,50)(H,47,52)/b13-9-/t24-,25+,27+,28+,32-,33-,41+/m0/s1. The van der Waals surface area contributed by atoms with E-state index in [1.165, 1.54) is 4.90 Å². The summed E-state index contributed by atoms with van der Waals surface area (Å²) in [5, 5.41) is 11.1. The zero-order chi connectivity index (χ0) is 43.1. The highest BCUT2D eigenvalue weighted by Crippen LogP contribution is 2.46. The van der Waals surface area contributed by atoms with Crippen molar-refractivity contribution in [3.05, 3.63) is 54.1 Å². The number of nitrogens with one attached hydrogen (secondary N) is 3. The number of fused-ring (bicyclic) bond motifs is 3. The molecule has 0 radical (unpaired) electrons. The second-order valence-electron chi connectivity index (χ2n) is 17.2. The molecule has 1 aromatic rings. The molecule has 2 saturated carbocycles. The van der Waals surface area contributed by atoms with Gasteiger partial charge >= 0.3 is 6.09 Å². The summed E-state index contributed by atoms with van der Waals surface area (Å²) in [6, 6.07) is 4.75. The van der Waals surface area contributed by atoms with E-state index in [4.69, 9.17) is 19.3 Å². The molecule has 2 aliphatic carbocycles. The third kappa shape index (κ3) is 9.58. The molecule has 5 aliphatic rings. The van der Waals surface area contributed by atoms with Gasteiger partial charge in [0.25, 0.3) is 11.8 Å². The number of amides is 4. The average Bonchev–Trinajstić information content (AvgIpc) is 4.09. The Balaban J connectivity index is 1.35.